The summed E-state index contributed by atoms with van der Waals surface area (Å²) in [6.07, 6.45) is 2.20. The number of carbonyl (C=O) groups is 2. The normalized spacial score (nSPS) is 12.5. The molecule has 0 radical (unpaired) electrons. The number of rotatable bonds is 5. The summed E-state index contributed by atoms with van der Waals surface area (Å²) < 4.78 is 7.02. The van der Waals surface area contributed by atoms with Gasteiger partial charge in [0.2, 0.25) is 0 Å². The Labute approximate surface area is 119 Å². The monoisotopic (exact) mass is 365 g/mol. The number of aromatic nitrogens is 1. The minimum atomic E-state index is -1.05. The van der Waals surface area contributed by atoms with E-state index < -0.39 is 18.0 Å². The molecule has 0 aromatic carbocycles. The zero-order chi connectivity index (χ0) is 13.9. The Morgan fingerprint density at radius 1 is 1.50 bits per heavy atom. The van der Waals surface area contributed by atoms with E-state index >= 15 is 0 Å². The van der Waals surface area contributed by atoms with Gasteiger partial charge in [0.05, 0.1) is 7.11 Å². The molecule has 6 heteroatoms. The van der Waals surface area contributed by atoms with Gasteiger partial charge in [0, 0.05) is 9.77 Å². The van der Waals surface area contributed by atoms with Crippen molar-refractivity contribution in [2.24, 2.45) is 5.92 Å². The molecule has 1 aromatic heterocycles. The minimum Gasteiger partial charge on any atom is -0.477 e. The molecule has 0 saturated heterocycles. The number of aromatic carboxylic acids is 1. The van der Waals surface area contributed by atoms with Gasteiger partial charge < -0.3 is 14.4 Å². The van der Waals surface area contributed by atoms with E-state index in [1.165, 1.54) is 11.7 Å². The highest BCUT2D eigenvalue weighted by Gasteiger charge is 2.26. The van der Waals surface area contributed by atoms with Crippen molar-refractivity contribution < 1.29 is 19.4 Å². The third-order valence-electron chi connectivity index (χ3n) is 2.54. The smallest absolute Gasteiger partial charge is 0.352 e. The number of hydrogen-bond acceptors (Lipinski definition) is 3. The largest absolute Gasteiger partial charge is 0.477 e. The van der Waals surface area contributed by atoms with Crippen LogP contribution >= 0.6 is 22.6 Å². The van der Waals surface area contributed by atoms with Crippen LogP contribution in [0.1, 0.15) is 36.8 Å². The molecule has 1 aromatic rings. The van der Waals surface area contributed by atoms with Crippen LogP contribution in [0, 0.1) is 9.49 Å². The molecule has 0 amide bonds. The van der Waals surface area contributed by atoms with Gasteiger partial charge in [-0.2, -0.15) is 0 Å². The molecule has 0 saturated carbocycles. The fourth-order valence-corrected chi connectivity index (χ4v) is 2.38. The molecule has 18 heavy (non-hydrogen) atoms. The number of nitrogens with zero attached hydrogens (tertiary/aromatic N) is 1. The predicted octanol–water partition coefficient (Wildman–Crippen LogP) is 2.55. The summed E-state index contributed by atoms with van der Waals surface area (Å²) in [5.74, 6) is -1.20. The van der Waals surface area contributed by atoms with Gasteiger partial charge in [-0.3, -0.25) is 0 Å². The summed E-state index contributed by atoms with van der Waals surface area (Å²) in [6.45, 7) is 3.95. The summed E-state index contributed by atoms with van der Waals surface area (Å²) in [4.78, 5) is 23.0. The molecule has 0 fully saturated rings. The van der Waals surface area contributed by atoms with Crippen LogP contribution in [0.25, 0.3) is 0 Å². The van der Waals surface area contributed by atoms with Crippen molar-refractivity contribution >= 4 is 34.5 Å². The first kappa shape index (κ1) is 15.0. The first-order valence-electron chi connectivity index (χ1n) is 5.55. The molecule has 1 unspecified atom stereocenters. The van der Waals surface area contributed by atoms with Crippen LogP contribution in [0.4, 0.5) is 0 Å². The van der Waals surface area contributed by atoms with Crippen LogP contribution in [-0.2, 0) is 9.53 Å². The fourth-order valence-electron chi connectivity index (χ4n) is 1.78. The van der Waals surface area contributed by atoms with Crippen molar-refractivity contribution in [3.8, 4) is 0 Å². The predicted molar refractivity (Wildman–Crippen MR) is 74.6 cm³/mol. The standard InChI is InChI=1S/C12H16INO4/c1-7(2)4-10(12(17)18-3)14-6-8(13)5-9(14)11(15)16/h5-7,10H,4H2,1-3H3,(H,15,16). The maximum atomic E-state index is 11.8. The van der Waals surface area contributed by atoms with Crippen LogP contribution in [0.15, 0.2) is 12.3 Å². The SMILES string of the molecule is COC(=O)C(CC(C)C)n1cc(I)cc1C(=O)O. The van der Waals surface area contributed by atoms with E-state index in [1.807, 2.05) is 36.4 Å². The molecule has 1 N–H and O–H groups in total. The third-order valence-corrected chi connectivity index (χ3v) is 3.13. The zero-order valence-corrected chi connectivity index (χ0v) is 12.7. The van der Waals surface area contributed by atoms with Gasteiger partial charge in [0.1, 0.15) is 11.7 Å². The Bertz CT molecular complexity index is 453. The van der Waals surface area contributed by atoms with Gasteiger partial charge in [0.25, 0.3) is 0 Å². The van der Waals surface area contributed by atoms with E-state index in [1.54, 1.807) is 12.3 Å². The Hall–Kier alpha value is -1.05. The molecule has 0 aliphatic carbocycles. The highest BCUT2D eigenvalue weighted by atomic mass is 127. The summed E-state index contributed by atoms with van der Waals surface area (Å²) in [6, 6.07) is 0.948. The lowest BCUT2D eigenvalue weighted by atomic mass is 10.0. The summed E-state index contributed by atoms with van der Waals surface area (Å²) in [5.41, 5.74) is 0.107. The van der Waals surface area contributed by atoms with Gasteiger partial charge in [0.15, 0.2) is 0 Å². The lowest BCUT2D eigenvalue weighted by Crippen LogP contribution is -2.24. The van der Waals surface area contributed by atoms with Crippen LogP contribution in [0.3, 0.4) is 0 Å². The highest BCUT2D eigenvalue weighted by Crippen LogP contribution is 2.24. The Kier molecular flexibility index (Phi) is 5.18. The first-order chi connectivity index (χ1) is 8.36. The Morgan fingerprint density at radius 3 is 2.56 bits per heavy atom. The minimum absolute atomic E-state index is 0.107. The van der Waals surface area contributed by atoms with Crippen LogP contribution < -0.4 is 0 Å². The Balaban J connectivity index is 3.19. The van der Waals surface area contributed by atoms with Crippen LogP contribution in [0.5, 0.6) is 0 Å². The van der Waals surface area contributed by atoms with Crippen molar-refractivity contribution in [3.63, 3.8) is 0 Å². The number of methoxy groups -OCH3 is 1. The molecule has 0 spiro atoms. The molecule has 1 heterocycles. The summed E-state index contributed by atoms with van der Waals surface area (Å²) in [5, 5.41) is 9.14. The number of carboxylic acid groups (broad SMARTS) is 1. The van der Waals surface area contributed by atoms with Crippen LogP contribution in [0.2, 0.25) is 0 Å². The second-order valence-electron chi connectivity index (χ2n) is 4.42. The molecular weight excluding hydrogens is 349 g/mol. The molecule has 1 atom stereocenters. The molecular formula is C12H16INO4. The van der Waals surface area contributed by atoms with E-state index in [4.69, 9.17) is 9.84 Å². The van der Waals surface area contributed by atoms with Crippen LogP contribution in [-0.4, -0.2) is 28.7 Å². The van der Waals surface area contributed by atoms with E-state index in [0.717, 1.165) is 3.57 Å². The van der Waals surface area contributed by atoms with Gasteiger partial charge in [-0.05, 0) is 41.0 Å². The van der Waals surface area contributed by atoms with E-state index in [-0.39, 0.29) is 11.6 Å². The summed E-state index contributed by atoms with van der Waals surface area (Å²) >= 11 is 2.03. The molecule has 5 nitrogen and oxygen atoms in total. The van der Waals surface area contributed by atoms with Crippen molar-refractivity contribution in [2.75, 3.05) is 7.11 Å². The lowest BCUT2D eigenvalue weighted by Gasteiger charge is -2.19. The second-order valence-corrected chi connectivity index (χ2v) is 5.67. The number of ether oxygens (including phenoxy) is 1. The van der Waals surface area contributed by atoms with Crippen molar-refractivity contribution in [1.29, 1.82) is 0 Å². The Morgan fingerprint density at radius 2 is 2.11 bits per heavy atom. The fraction of sp³-hybridized carbons (Fsp3) is 0.500. The number of esters is 1. The second kappa shape index (κ2) is 6.21. The quantitative estimate of drug-likeness (QED) is 0.643. The molecule has 1 rings (SSSR count). The molecule has 0 aliphatic heterocycles. The van der Waals surface area contributed by atoms with Gasteiger partial charge in [-0.25, -0.2) is 9.59 Å². The van der Waals surface area contributed by atoms with Crippen molar-refractivity contribution in [1.82, 2.24) is 4.57 Å². The maximum Gasteiger partial charge on any atom is 0.352 e. The van der Waals surface area contributed by atoms with E-state index in [9.17, 15) is 9.59 Å². The highest BCUT2D eigenvalue weighted by molar-refractivity contribution is 14.1. The van der Waals surface area contributed by atoms with Gasteiger partial charge in [-0.1, -0.05) is 13.8 Å². The maximum absolute atomic E-state index is 11.8. The van der Waals surface area contributed by atoms with Crippen molar-refractivity contribution in [2.45, 2.75) is 26.3 Å². The number of carboxylic acids is 1. The molecule has 0 aliphatic rings. The van der Waals surface area contributed by atoms with E-state index in [0.29, 0.717) is 6.42 Å². The van der Waals surface area contributed by atoms with E-state index in [2.05, 4.69) is 0 Å². The van der Waals surface area contributed by atoms with Crippen molar-refractivity contribution in [3.05, 3.63) is 21.5 Å². The molecule has 0 bridgehead atoms. The number of halogens is 1. The number of hydrogen-bond donors (Lipinski definition) is 1. The topological polar surface area (TPSA) is 68.5 Å². The molecule has 100 valence electrons. The number of carbonyl (C=O) groups excluding carboxylic acids is 1. The first-order valence-corrected chi connectivity index (χ1v) is 6.63. The third kappa shape index (κ3) is 3.47. The average Bonchev–Trinajstić information content (AvgIpc) is 2.66. The summed E-state index contributed by atoms with van der Waals surface area (Å²) in [7, 11) is 1.31. The lowest BCUT2D eigenvalue weighted by molar-refractivity contribution is -0.145. The van der Waals surface area contributed by atoms with Gasteiger partial charge >= 0.3 is 11.9 Å². The average molecular weight is 365 g/mol. The zero-order valence-electron chi connectivity index (χ0n) is 10.5. The van der Waals surface area contributed by atoms with Gasteiger partial charge in [-0.15, -0.1) is 0 Å².